The van der Waals surface area contributed by atoms with Crippen molar-refractivity contribution in [3.63, 3.8) is 0 Å². The van der Waals surface area contributed by atoms with Gasteiger partial charge < -0.3 is 9.97 Å². The van der Waals surface area contributed by atoms with Gasteiger partial charge in [-0.15, -0.1) is 0 Å². The SMILES string of the molecule is CCC1=C(C)c2cc3[nH]c(cc4nc(c5c6[nH]c(cc1n2)c(C)c6CC5)C(CC)=C4C)c(C)c3CC. The van der Waals surface area contributed by atoms with Crippen molar-refractivity contribution in [2.75, 3.05) is 0 Å². The summed E-state index contributed by atoms with van der Waals surface area (Å²) in [7, 11) is 0. The summed E-state index contributed by atoms with van der Waals surface area (Å²) in [6.07, 6.45) is 5.05. The summed E-state index contributed by atoms with van der Waals surface area (Å²) in [5.41, 5.74) is 21.3. The van der Waals surface area contributed by atoms with E-state index in [-0.39, 0.29) is 0 Å². The minimum Gasteiger partial charge on any atom is -0.355 e. The molecule has 0 radical (unpaired) electrons. The molecule has 0 unspecified atom stereocenters. The predicted octanol–water partition coefficient (Wildman–Crippen LogP) is 8.27. The molecule has 4 heteroatoms. The van der Waals surface area contributed by atoms with Gasteiger partial charge >= 0.3 is 0 Å². The standard InChI is InChI=1S/C32H36N4/c1-8-20-16(4)25-13-27-18(6)22(10-3)31(35-27)24-12-11-23-19(7)28(36-32(23)24)15-30-21(9-2)17(5)26(34-30)14-29(20)33-25/h13-15,33,36H,8-12H2,1-7H3. The molecule has 0 saturated heterocycles. The van der Waals surface area contributed by atoms with E-state index in [2.05, 4.69) is 76.6 Å². The molecular weight excluding hydrogens is 440 g/mol. The summed E-state index contributed by atoms with van der Waals surface area (Å²) in [6, 6.07) is 6.79. The van der Waals surface area contributed by atoms with Crippen LogP contribution in [-0.4, -0.2) is 19.9 Å². The van der Waals surface area contributed by atoms with E-state index < -0.39 is 0 Å². The number of fused-ring (bicyclic) bond motifs is 8. The number of aromatic amines is 2. The highest BCUT2D eigenvalue weighted by Gasteiger charge is 2.25. The lowest BCUT2D eigenvalue weighted by atomic mass is 10.0. The van der Waals surface area contributed by atoms with E-state index in [1.807, 2.05) is 0 Å². The summed E-state index contributed by atoms with van der Waals surface area (Å²) in [5.74, 6) is 0. The Hall–Kier alpha value is -3.40. The first-order chi connectivity index (χ1) is 17.4. The first kappa shape index (κ1) is 23.0. The Morgan fingerprint density at radius 1 is 0.639 bits per heavy atom. The number of H-pyrrole nitrogens is 2. The second kappa shape index (κ2) is 8.33. The fourth-order valence-corrected chi connectivity index (χ4v) is 6.55. The second-order valence-corrected chi connectivity index (χ2v) is 10.5. The Morgan fingerprint density at radius 2 is 1.25 bits per heavy atom. The average molecular weight is 477 g/mol. The van der Waals surface area contributed by atoms with Crippen LogP contribution in [0.15, 0.2) is 18.2 Å². The number of nitrogens with one attached hydrogen (secondary N) is 2. The number of nitrogens with zero attached hydrogens (tertiary/aromatic N) is 2. The molecule has 3 aromatic heterocycles. The molecular formula is C32H36N4. The minimum atomic E-state index is 0.970. The third-order valence-corrected chi connectivity index (χ3v) is 8.73. The monoisotopic (exact) mass is 476 g/mol. The first-order valence-corrected chi connectivity index (χ1v) is 13.5. The normalized spacial score (nSPS) is 15.0. The molecule has 184 valence electrons. The van der Waals surface area contributed by atoms with E-state index >= 15 is 0 Å². The van der Waals surface area contributed by atoms with Crippen molar-refractivity contribution in [2.24, 2.45) is 0 Å². The molecule has 3 aliphatic rings. The lowest BCUT2D eigenvalue weighted by Gasteiger charge is -2.03. The number of allylic oxidation sites excluding steroid dienone is 4. The molecule has 6 rings (SSSR count). The summed E-state index contributed by atoms with van der Waals surface area (Å²) in [5, 5.41) is 0. The zero-order valence-electron chi connectivity index (χ0n) is 22.7. The van der Waals surface area contributed by atoms with Crippen molar-refractivity contribution < 1.29 is 0 Å². The summed E-state index contributed by atoms with van der Waals surface area (Å²) >= 11 is 0. The topological polar surface area (TPSA) is 57.4 Å². The summed E-state index contributed by atoms with van der Waals surface area (Å²) < 4.78 is 0. The zero-order valence-corrected chi connectivity index (χ0v) is 22.7. The number of aromatic nitrogens is 4. The zero-order chi connectivity index (χ0) is 25.3. The predicted molar refractivity (Wildman–Crippen MR) is 153 cm³/mol. The van der Waals surface area contributed by atoms with Crippen LogP contribution in [0.25, 0.3) is 44.4 Å². The maximum atomic E-state index is 5.28. The summed E-state index contributed by atoms with van der Waals surface area (Å²) in [4.78, 5) is 18.0. The molecule has 0 aromatic carbocycles. The smallest absolute Gasteiger partial charge is 0.0725 e. The average Bonchev–Trinajstić information content (AvgIpc) is 3.62. The fraction of sp³-hybridized carbons (Fsp3) is 0.375. The van der Waals surface area contributed by atoms with E-state index in [0.717, 1.165) is 60.2 Å². The highest BCUT2D eigenvalue weighted by atomic mass is 14.8. The van der Waals surface area contributed by atoms with Gasteiger partial charge in [-0.1, -0.05) is 20.8 Å². The Morgan fingerprint density at radius 3 is 1.97 bits per heavy atom. The highest BCUT2D eigenvalue weighted by Crippen LogP contribution is 2.40. The van der Waals surface area contributed by atoms with Gasteiger partial charge in [0.15, 0.2) is 0 Å². The number of hydrogen-bond acceptors (Lipinski definition) is 2. The minimum absolute atomic E-state index is 0.970. The van der Waals surface area contributed by atoms with Crippen LogP contribution in [0, 0.1) is 13.8 Å². The second-order valence-electron chi connectivity index (χ2n) is 10.5. The molecule has 0 saturated carbocycles. The summed E-state index contributed by atoms with van der Waals surface area (Å²) in [6.45, 7) is 15.7. The van der Waals surface area contributed by atoms with Gasteiger partial charge in [0, 0.05) is 27.6 Å². The molecule has 0 spiro atoms. The maximum Gasteiger partial charge on any atom is 0.0725 e. The van der Waals surface area contributed by atoms with Crippen LogP contribution in [-0.2, 0) is 19.3 Å². The molecule has 4 nitrogen and oxygen atoms in total. The van der Waals surface area contributed by atoms with Crippen LogP contribution in [0.2, 0.25) is 0 Å². The Labute approximate surface area is 213 Å². The van der Waals surface area contributed by atoms with Crippen LogP contribution in [0.5, 0.6) is 0 Å². The third-order valence-electron chi connectivity index (χ3n) is 8.73. The number of hydrogen-bond donors (Lipinski definition) is 2. The van der Waals surface area contributed by atoms with Crippen molar-refractivity contribution in [1.29, 1.82) is 0 Å². The Kier molecular flexibility index (Phi) is 5.33. The lowest BCUT2D eigenvalue weighted by molar-refractivity contribution is 0.998. The molecule has 2 N–H and O–H groups in total. The van der Waals surface area contributed by atoms with Crippen LogP contribution < -0.4 is 0 Å². The van der Waals surface area contributed by atoms with E-state index in [1.165, 1.54) is 66.8 Å². The van der Waals surface area contributed by atoms with E-state index in [0.29, 0.717) is 0 Å². The van der Waals surface area contributed by atoms with Crippen LogP contribution in [0.3, 0.4) is 0 Å². The lowest BCUT2D eigenvalue weighted by Crippen LogP contribution is -1.91. The van der Waals surface area contributed by atoms with Crippen LogP contribution >= 0.6 is 0 Å². The maximum absolute atomic E-state index is 5.28. The molecule has 1 aliphatic carbocycles. The Balaban J connectivity index is 1.82. The van der Waals surface area contributed by atoms with Gasteiger partial charge in [0.2, 0.25) is 0 Å². The van der Waals surface area contributed by atoms with Crippen molar-refractivity contribution in [2.45, 2.75) is 80.6 Å². The van der Waals surface area contributed by atoms with Crippen molar-refractivity contribution in [3.05, 3.63) is 68.8 Å². The third kappa shape index (κ3) is 3.20. The fourth-order valence-electron chi connectivity index (χ4n) is 6.55. The molecule has 0 fully saturated rings. The van der Waals surface area contributed by atoms with Gasteiger partial charge in [-0.25, -0.2) is 9.97 Å². The van der Waals surface area contributed by atoms with Crippen molar-refractivity contribution >= 4 is 44.4 Å². The highest BCUT2D eigenvalue weighted by molar-refractivity contribution is 5.96. The largest absolute Gasteiger partial charge is 0.355 e. The number of aryl methyl sites for hydroxylation is 5. The van der Waals surface area contributed by atoms with Gasteiger partial charge in [-0.3, -0.25) is 0 Å². The molecule has 36 heavy (non-hydrogen) atoms. The van der Waals surface area contributed by atoms with Crippen LogP contribution in [0.4, 0.5) is 0 Å². The van der Waals surface area contributed by atoms with Gasteiger partial charge in [-0.05, 0) is 123 Å². The van der Waals surface area contributed by atoms with Gasteiger partial charge in [0.1, 0.15) is 0 Å². The molecule has 3 aromatic rings. The van der Waals surface area contributed by atoms with Gasteiger partial charge in [0.25, 0.3) is 0 Å². The number of rotatable bonds is 3. The molecule has 0 amide bonds. The molecule has 2 aliphatic heterocycles. The van der Waals surface area contributed by atoms with E-state index in [4.69, 9.17) is 9.97 Å². The quantitative estimate of drug-likeness (QED) is 0.399. The Bertz CT molecular complexity index is 1670. The van der Waals surface area contributed by atoms with E-state index in [9.17, 15) is 0 Å². The van der Waals surface area contributed by atoms with Gasteiger partial charge in [-0.2, -0.15) is 0 Å². The molecule has 0 atom stereocenters. The molecule has 8 bridgehead atoms. The first-order valence-electron chi connectivity index (χ1n) is 13.5. The van der Waals surface area contributed by atoms with Crippen molar-refractivity contribution in [3.8, 4) is 0 Å². The molecule has 5 heterocycles. The van der Waals surface area contributed by atoms with E-state index in [1.54, 1.807) is 0 Å². The van der Waals surface area contributed by atoms with Crippen LogP contribution in [0.1, 0.15) is 98.1 Å². The van der Waals surface area contributed by atoms with Crippen molar-refractivity contribution in [1.82, 2.24) is 19.9 Å². The van der Waals surface area contributed by atoms with Gasteiger partial charge in [0.05, 0.1) is 22.8 Å².